The van der Waals surface area contributed by atoms with Gasteiger partial charge < -0.3 is 25.6 Å². The van der Waals surface area contributed by atoms with Crippen LogP contribution in [-0.2, 0) is 16.0 Å². The number of carbonyl (C=O) groups is 1. The minimum atomic E-state index is -0.313. The first kappa shape index (κ1) is 23.6. The van der Waals surface area contributed by atoms with Gasteiger partial charge in [-0.15, -0.1) is 0 Å². The lowest BCUT2D eigenvalue weighted by Gasteiger charge is -2.34. The van der Waals surface area contributed by atoms with Gasteiger partial charge in [-0.3, -0.25) is 4.79 Å². The summed E-state index contributed by atoms with van der Waals surface area (Å²) < 4.78 is 4.93. The lowest BCUT2D eigenvalue weighted by Crippen LogP contribution is -2.44. The molecular formula is C28H30N6O2. The Kier molecular flexibility index (Phi) is 6.69. The Labute approximate surface area is 210 Å². The zero-order valence-corrected chi connectivity index (χ0v) is 20.6. The number of nitrogen functional groups attached to an aromatic ring is 1. The highest BCUT2D eigenvalue weighted by Crippen LogP contribution is 2.33. The quantitative estimate of drug-likeness (QED) is 0.313. The summed E-state index contributed by atoms with van der Waals surface area (Å²) in [5.74, 6) is 0.169. The van der Waals surface area contributed by atoms with Crippen LogP contribution < -0.4 is 16.0 Å². The van der Waals surface area contributed by atoms with Gasteiger partial charge in [0.1, 0.15) is 0 Å². The molecule has 1 aliphatic heterocycles. The number of anilines is 4. The average Bonchev–Trinajstić information content (AvgIpc) is 2.89. The topological polar surface area (TPSA) is 96.6 Å². The van der Waals surface area contributed by atoms with Gasteiger partial charge in [-0.2, -0.15) is 0 Å². The van der Waals surface area contributed by atoms with Crippen LogP contribution in [0.15, 0.2) is 66.9 Å². The van der Waals surface area contributed by atoms with Crippen LogP contribution >= 0.6 is 0 Å². The Bertz CT molecular complexity index is 1380. The molecule has 0 radical (unpaired) electrons. The number of aromatic nitrogens is 2. The maximum atomic E-state index is 12.1. The largest absolute Gasteiger partial charge is 0.469 e. The third-order valence-corrected chi connectivity index (χ3v) is 6.57. The molecule has 4 aromatic rings. The van der Waals surface area contributed by atoms with Crippen molar-refractivity contribution in [2.24, 2.45) is 0 Å². The number of nitrogens with one attached hydrogen (secondary N) is 1. The highest BCUT2D eigenvalue weighted by atomic mass is 16.5. The summed E-state index contributed by atoms with van der Waals surface area (Å²) >= 11 is 0. The minimum absolute atomic E-state index is 0.136. The number of methoxy groups -OCH3 is 1. The van der Waals surface area contributed by atoms with E-state index in [-0.39, 0.29) is 12.4 Å². The third kappa shape index (κ3) is 5.08. The molecule has 1 aromatic heterocycles. The molecule has 1 saturated heterocycles. The van der Waals surface area contributed by atoms with E-state index in [0.717, 1.165) is 59.5 Å². The highest BCUT2D eigenvalue weighted by Gasteiger charge is 2.17. The van der Waals surface area contributed by atoms with Crippen molar-refractivity contribution < 1.29 is 9.53 Å². The first-order valence-electron chi connectivity index (χ1n) is 12.0. The van der Waals surface area contributed by atoms with Crippen molar-refractivity contribution in [1.29, 1.82) is 0 Å². The Morgan fingerprint density at radius 1 is 1.06 bits per heavy atom. The Morgan fingerprint density at radius 2 is 1.83 bits per heavy atom. The predicted molar refractivity (Wildman–Crippen MR) is 145 cm³/mol. The number of rotatable bonds is 6. The number of likely N-dealkylation sites (N-methyl/N-ethyl adjacent to an activating group) is 1. The molecule has 2 heterocycles. The van der Waals surface area contributed by atoms with Gasteiger partial charge in [-0.25, -0.2) is 9.97 Å². The van der Waals surface area contributed by atoms with E-state index >= 15 is 0 Å². The molecule has 0 unspecified atom stereocenters. The van der Waals surface area contributed by atoms with Crippen LogP contribution in [0.5, 0.6) is 0 Å². The summed E-state index contributed by atoms with van der Waals surface area (Å²) in [7, 11) is 3.55. The predicted octanol–water partition coefficient (Wildman–Crippen LogP) is 4.09. The van der Waals surface area contributed by atoms with Crippen LogP contribution in [0.2, 0.25) is 0 Å². The zero-order valence-electron chi connectivity index (χ0n) is 20.6. The molecule has 0 spiro atoms. The number of nitrogens with two attached hydrogens (primary N) is 1. The molecule has 5 rings (SSSR count). The molecule has 0 saturated carbocycles. The van der Waals surface area contributed by atoms with Crippen molar-refractivity contribution in [2.45, 2.75) is 6.42 Å². The van der Waals surface area contributed by atoms with Crippen molar-refractivity contribution in [1.82, 2.24) is 14.9 Å². The van der Waals surface area contributed by atoms with Crippen LogP contribution in [0, 0.1) is 0 Å². The molecule has 36 heavy (non-hydrogen) atoms. The summed E-state index contributed by atoms with van der Waals surface area (Å²) in [5, 5.41) is 4.20. The fraction of sp³-hybridized carbons (Fsp3) is 0.250. The smallest absolute Gasteiger partial charge is 0.310 e. The van der Waals surface area contributed by atoms with Crippen molar-refractivity contribution in [3.05, 3.63) is 72.4 Å². The van der Waals surface area contributed by atoms with E-state index in [1.54, 1.807) is 6.20 Å². The molecule has 0 amide bonds. The summed E-state index contributed by atoms with van der Waals surface area (Å²) in [4.78, 5) is 26.3. The van der Waals surface area contributed by atoms with Crippen LogP contribution in [0.1, 0.15) is 5.56 Å². The second kappa shape index (κ2) is 10.2. The summed E-state index contributed by atoms with van der Waals surface area (Å²) in [6.45, 7) is 4.19. The van der Waals surface area contributed by atoms with E-state index in [1.807, 2.05) is 48.5 Å². The first-order valence-corrected chi connectivity index (χ1v) is 12.0. The van der Waals surface area contributed by atoms with Crippen LogP contribution in [0.4, 0.5) is 23.0 Å². The number of esters is 1. The fourth-order valence-corrected chi connectivity index (χ4v) is 4.54. The normalized spacial score (nSPS) is 14.1. The molecule has 8 heteroatoms. The van der Waals surface area contributed by atoms with Gasteiger partial charge in [-0.05, 0) is 54.6 Å². The maximum absolute atomic E-state index is 12.1. The maximum Gasteiger partial charge on any atom is 0.310 e. The molecule has 1 fully saturated rings. The molecular weight excluding hydrogens is 452 g/mol. The molecule has 3 aromatic carbocycles. The molecule has 184 valence electrons. The number of piperazine rings is 1. The SMILES string of the molecule is COC(=O)Cc1ccc2cnc(Nc3ccc(N4CCN(C)CC4)cc3)nc2c1-c1cccc(N)c1. The van der Waals surface area contributed by atoms with Crippen molar-refractivity contribution >= 4 is 39.9 Å². The van der Waals surface area contributed by atoms with E-state index in [1.165, 1.54) is 12.8 Å². The van der Waals surface area contributed by atoms with Crippen molar-refractivity contribution in [3.63, 3.8) is 0 Å². The Morgan fingerprint density at radius 3 is 2.56 bits per heavy atom. The number of benzene rings is 3. The van der Waals surface area contributed by atoms with Crippen molar-refractivity contribution in [2.75, 3.05) is 56.3 Å². The number of carbonyl (C=O) groups excluding carboxylic acids is 1. The standard InChI is InChI=1S/C28H30N6O2/c1-33-12-14-34(15-13-33)24-10-8-23(9-11-24)31-28-30-18-21-7-6-20(17-25(35)36-2)26(27(21)32-28)19-4-3-5-22(29)16-19/h3-11,16,18H,12-15,17,29H2,1-2H3,(H,30,31,32). The summed E-state index contributed by atoms with van der Waals surface area (Å²) in [6.07, 6.45) is 1.93. The number of hydrogen-bond acceptors (Lipinski definition) is 8. The van der Waals surface area contributed by atoms with Crippen LogP contribution in [0.25, 0.3) is 22.0 Å². The van der Waals surface area contributed by atoms with Crippen LogP contribution in [-0.4, -0.2) is 61.2 Å². The summed E-state index contributed by atoms with van der Waals surface area (Å²) in [5.41, 5.74) is 12.1. The second-order valence-electron chi connectivity index (χ2n) is 9.07. The monoisotopic (exact) mass is 482 g/mol. The van der Waals surface area contributed by atoms with Gasteiger partial charge in [0, 0.05) is 60.4 Å². The summed E-state index contributed by atoms with van der Waals surface area (Å²) in [6, 6.07) is 19.8. The second-order valence-corrected chi connectivity index (χ2v) is 9.07. The third-order valence-electron chi connectivity index (χ3n) is 6.57. The van der Waals surface area contributed by atoms with Gasteiger partial charge >= 0.3 is 5.97 Å². The van der Waals surface area contributed by atoms with E-state index in [9.17, 15) is 4.79 Å². The van der Waals surface area contributed by atoms with E-state index in [4.69, 9.17) is 15.5 Å². The first-order chi connectivity index (χ1) is 17.5. The average molecular weight is 483 g/mol. The highest BCUT2D eigenvalue weighted by molar-refractivity contribution is 5.97. The zero-order chi connectivity index (χ0) is 25.1. The van der Waals surface area contributed by atoms with E-state index in [2.05, 4.69) is 39.3 Å². The van der Waals surface area contributed by atoms with E-state index < -0.39 is 0 Å². The number of hydrogen-bond donors (Lipinski definition) is 2. The van der Waals surface area contributed by atoms with Gasteiger partial charge in [0.25, 0.3) is 0 Å². The van der Waals surface area contributed by atoms with Gasteiger partial charge in [0.2, 0.25) is 5.95 Å². The Balaban J connectivity index is 1.48. The van der Waals surface area contributed by atoms with Gasteiger partial charge in [0.15, 0.2) is 0 Å². The number of fused-ring (bicyclic) bond motifs is 1. The molecule has 0 aliphatic carbocycles. The van der Waals surface area contributed by atoms with Gasteiger partial charge in [0.05, 0.1) is 19.0 Å². The number of ether oxygens (including phenoxy) is 1. The fourth-order valence-electron chi connectivity index (χ4n) is 4.54. The Hall–Kier alpha value is -4.17. The molecule has 1 aliphatic rings. The minimum Gasteiger partial charge on any atom is -0.469 e. The molecule has 0 bridgehead atoms. The van der Waals surface area contributed by atoms with Gasteiger partial charge in [-0.1, -0.05) is 24.3 Å². The molecule has 3 N–H and O–H groups in total. The lowest BCUT2D eigenvalue weighted by atomic mass is 9.94. The van der Waals surface area contributed by atoms with Crippen LogP contribution in [0.3, 0.4) is 0 Å². The van der Waals surface area contributed by atoms with E-state index in [0.29, 0.717) is 11.6 Å². The molecule has 0 atom stereocenters. The molecule has 8 nitrogen and oxygen atoms in total. The lowest BCUT2D eigenvalue weighted by molar-refractivity contribution is -0.139. The van der Waals surface area contributed by atoms with Crippen molar-refractivity contribution in [3.8, 4) is 11.1 Å². The number of nitrogens with zero attached hydrogens (tertiary/aromatic N) is 4.